The van der Waals surface area contributed by atoms with Gasteiger partial charge in [0.2, 0.25) is 11.9 Å². The third-order valence-corrected chi connectivity index (χ3v) is 27.3. The predicted octanol–water partition coefficient (Wildman–Crippen LogP) is 28.5. The van der Waals surface area contributed by atoms with Crippen molar-refractivity contribution in [3.8, 4) is 90.0 Å². The zero-order valence-corrected chi connectivity index (χ0v) is 63.0. The first-order chi connectivity index (χ1) is 57.5. The quantitative estimate of drug-likeness (QED) is 0.143. The van der Waals surface area contributed by atoms with E-state index in [9.17, 15) is 0 Å². The van der Waals surface area contributed by atoms with E-state index < -0.39 is 0 Å². The van der Waals surface area contributed by atoms with E-state index in [1.807, 2.05) is 34.8 Å². The lowest BCUT2D eigenvalue weighted by Gasteiger charge is -2.13. The highest BCUT2D eigenvalue weighted by molar-refractivity contribution is 7.26. The Labute approximate surface area is 665 Å². The van der Waals surface area contributed by atoms with Crippen LogP contribution in [0.4, 0.5) is 0 Å². The predicted molar refractivity (Wildman–Crippen MR) is 481 cm³/mol. The lowest BCUT2D eigenvalue weighted by Crippen LogP contribution is -2.03. The molecule has 0 spiro atoms. The van der Waals surface area contributed by atoms with Gasteiger partial charge in [-0.3, -0.25) is 9.13 Å². The van der Waals surface area contributed by atoms with Crippen LogP contribution in [0, 0.1) is 0 Å². The molecular weight excluding hydrogens is 1460 g/mol. The van der Waals surface area contributed by atoms with Crippen molar-refractivity contribution in [2.45, 2.75) is 0 Å². The Morgan fingerprint density at radius 3 is 1.16 bits per heavy atom. The number of hydrogen-bond acceptors (Lipinski definition) is 8. The van der Waals surface area contributed by atoms with Crippen LogP contribution < -0.4 is 0 Å². The first-order valence-electron chi connectivity index (χ1n) is 39.2. The number of rotatable bonds is 9. The molecule has 28 rings (SSSR count). The molecule has 0 fully saturated rings. The smallest absolute Gasteiger partial charge is 0.236 e. The van der Waals surface area contributed by atoms with Crippen molar-refractivity contribution in [3.05, 3.63) is 328 Å². The molecule has 0 N–H and O–H groups in total. The molecule has 28 aromatic rings. The molecule has 116 heavy (non-hydrogen) atoms. The van der Waals surface area contributed by atoms with Gasteiger partial charge in [-0.25, -0.2) is 19.9 Å². The van der Waals surface area contributed by atoms with Crippen LogP contribution >= 0.6 is 22.7 Å². The number of thiophene rings is 2. The Balaban J connectivity index is 0.623. The summed E-state index contributed by atoms with van der Waals surface area (Å²) < 4.78 is 28.9. The van der Waals surface area contributed by atoms with Crippen molar-refractivity contribution in [2.75, 3.05) is 0 Å². The van der Waals surface area contributed by atoms with E-state index in [0.29, 0.717) is 34.5 Å². The summed E-state index contributed by atoms with van der Waals surface area (Å²) >= 11 is 3.72. The standard InChI is InChI=1S/C104H54N8O2S2/c1-3-16-55(17-4-1)57-32-34-58(35-33-57)61-20-13-21-63(50-61)95-101-98(108-103(105-95)111-77-45-48-85-93-87-75(27-14-30-83(87)115-85)109-73-25-10-7-22-67(73)69-41-43-79(111)91(89(77)93)99(69)109)72-54-62(40-47-82(72)114-101)59-36-38-60(39-37-59)65-51-64(56-18-5-2-6-19-56)52-66(53-65)96-102-97(71-24-9-12-29-81(71)113-102)107-104(106-96)112-78-46-49-86-94-88-76(28-15-31-84(88)116-86)110-74-26-11-8-23-68(74)70-42-44-80(112)92(90(78)94)100(70)110/h1-54H. The minimum atomic E-state index is 0.565. The fourth-order valence-corrected chi connectivity index (χ4v) is 22.3. The second-order valence-electron chi connectivity index (χ2n) is 31.0. The monoisotopic (exact) mass is 1510 g/mol. The van der Waals surface area contributed by atoms with Gasteiger partial charge in [0.15, 0.2) is 11.2 Å². The van der Waals surface area contributed by atoms with E-state index in [2.05, 4.69) is 333 Å². The maximum Gasteiger partial charge on any atom is 0.236 e. The van der Waals surface area contributed by atoms with Gasteiger partial charge in [0.25, 0.3) is 0 Å². The molecule has 0 aliphatic heterocycles. The van der Waals surface area contributed by atoms with Crippen LogP contribution in [-0.2, 0) is 0 Å². The lowest BCUT2D eigenvalue weighted by molar-refractivity contribution is 0.666. The summed E-state index contributed by atoms with van der Waals surface area (Å²) in [6.07, 6.45) is 0. The summed E-state index contributed by atoms with van der Waals surface area (Å²) in [6.45, 7) is 0. The molecule has 10 nitrogen and oxygen atoms in total. The Hall–Kier alpha value is -15.1. The third kappa shape index (κ3) is 8.16. The summed E-state index contributed by atoms with van der Waals surface area (Å²) in [6, 6.07) is 119. The molecule has 0 bridgehead atoms. The van der Waals surface area contributed by atoms with E-state index in [1.165, 1.54) is 128 Å². The minimum Gasteiger partial charge on any atom is -0.452 e. The molecule has 12 aromatic heterocycles. The number of fused-ring (bicyclic) bond motifs is 14. The second-order valence-corrected chi connectivity index (χ2v) is 33.2. The zero-order valence-electron chi connectivity index (χ0n) is 61.4. The highest BCUT2D eigenvalue weighted by Crippen LogP contribution is 2.54. The minimum absolute atomic E-state index is 0.565. The number of aromatic nitrogens is 8. The van der Waals surface area contributed by atoms with Gasteiger partial charge in [-0.1, -0.05) is 206 Å². The lowest BCUT2D eigenvalue weighted by atomic mass is 9.93. The van der Waals surface area contributed by atoms with Gasteiger partial charge in [-0.2, -0.15) is 0 Å². The Morgan fingerprint density at radius 1 is 0.216 bits per heavy atom. The number of furan rings is 2. The summed E-state index contributed by atoms with van der Waals surface area (Å²) in [5, 5.41) is 16.6. The zero-order chi connectivity index (χ0) is 75.0. The van der Waals surface area contributed by atoms with Crippen LogP contribution in [0.2, 0.25) is 0 Å². The van der Waals surface area contributed by atoms with Crippen LogP contribution in [0.15, 0.2) is 336 Å². The topological polar surface area (TPSA) is 96.5 Å². The molecule has 0 unspecified atom stereocenters. The van der Waals surface area contributed by atoms with Crippen LogP contribution in [0.1, 0.15) is 0 Å². The van der Waals surface area contributed by atoms with E-state index >= 15 is 0 Å². The van der Waals surface area contributed by atoms with Gasteiger partial charge in [0.05, 0.1) is 55.2 Å². The van der Waals surface area contributed by atoms with E-state index in [4.69, 9.17) is 28.8 Å². The summed E-state index contributed by atoms with van der Waals surface area (Å²) in [4.78, 5) is 23.0. The fourth-order valence-electron chi connectivity index (χ4n) is 20.1. The van der Waals surface area contributed by atoms with Crippen molar-refractivity contribution >= 4 is 205 Å². The van der Waals surface area contributed by atoms with Gasteiger partial charge >= 0.3 is 0 Å². The summed E-state index contributed by atoms with van der Waals surface area (Å²) in [5.41, 5.74) is 29.6. The number of nitrogens with zero attached hydrogens (tertiary/aromatic N) is 8. The molecule has 0 aliphatic carbocycles. The van der Waals surface area contributed by atoms with Crippen molar-refractivity contribution < 1.29 is 8.83 Å². The maximum atomic E-state index is 7.16. The van der Waals surface area contributed by atoms with Crippen molar-refractivity contribution in [1.29, 1.82) is 0 Å². The highest BCUT2D eigenvalue weighted by atomic mass is 32.1. The van der Waals surface area contributed by atoms with Crippen molar-refractivity contribution in [2.24, 2.45) is 0 Å². The van der Waals surface area contributed by atoms with Crippen molar-refractivity contribution in [3.63, 3.8) is 0 Å². The molecule has 534 valence electrons. The Morgan fingerprint density at radius 2 is 0.595 bits per heavy atom. The molecule has 16 aromatic carbocycles. The molecule has 0 amide bonds. The Kier molecular flexibility index (Phi) is 11.9. The van der Waals surface area contributed by atoms with Gasteiger partial charge < -0.3 is 17.6 Å². The third-order valence-electron chi connectivity index (χ3n) is 25.0. The second kappa shape index (κ2) is 22.4. The van der Waals surface area contributed by atoms with Gasteiger partial charge in [-0.15, -0.1) is 22.7 Å². The normalized spacial score (nSPS) is 12.7. The largest absolute Gasteiger partial charge is 0.452 e. The van der Waals surface area contributed by atoms with Gasteiger partial charge in [0, 0.05) is 105 Å². The van der Waals surface area contributed by atoms with E-state index in [0.717, 1.165) is 111 Å². The first kappa shape index (κ1) is 61.6. The van der Waals surface area contributed by atoms with E-state index in [1.54, 1.807) is 0 Å². The average molecular weight is 1510 g/mol. The first-order valence-corrected chi connectivity index (χ1v) is 40.9. The molecular formula is C104H54N8O2S2. The average Bonchev–Trinajstić information content (AvgIpc) is 1.51. The molecule has 12 heterocycles. The van der Waals surface area contributed by atoms with Crippen LogP contribution in [0.3, 0.4) is 0 Å². The highest BCUT2D eigenvalue weighted by Gasteiger charge is 2.32. The molecule has 12 heteroatoms. The Bertz CT molecular complexity index is 9090. The molecule has 0 saturated heterocycles. The number of benzene rings is 16. The maximum absolute atomic E-state index is 7.16. The van der Waals surface area contributed by atoms with Gasteiger partial charge in [0.1, 0.15) is 33.6 Å². The van der Waals surface area contributed by atoms with Crippen LogP contribution in [-0.4, -0.2) is 37.9 Å². The molecule has 0 saturated carbocycles. The fraction of sp³-hybridized carbons (Fsp3) is 0. The molecule has 0 atom stereocenters. The van der Waals surface area contributed by atoms with E-state index in [-0.39, 0.29) is 0 Å². The van der Waals surface area contributed by atoms with Crippen LogP contribution in [0.25, 0.3) is 273 Å². The van der Waals surface area contributed by atoms with Gasteiger partial charge in [-0.05, 0) is 177 Å². The molecule has 0 radical (unpaired) electrons. The van der Waals surface area contributed by atoms with Crippen molar-refractivity contribution in [1.82, 2.24) is 37.9 Å². The molecule has 0 aliphatic rings. The number of para-hydroxylation sites is 3. The SMILES string of the molecule is c1ccc(-c2ccc(-c3cccc(-c4nc(-n5c6ccc7sc8cccc9c8c7c6c6c5ccc5c7ccccc7n9c56)nc5c4oc4ccc(-c6ccc(-c7cc(-c8ccccc8)cc(-c8nc(-n9c%10ccc%11sc%12cccc%13c%12c%11c%10c%10c9ccc9c%11ccccc%11n%13c9%10)nc9c8oc8ccccc89)c7)cc6)cc45)c3)cc2)cc1. The van der Waals surface area contributed by atoms with Crippen LogP contribution in [0.5, 0.6) is 0 Å². The number of hydrogen-bond donors (Lipinski definition) is 0. The summed E-state index contributed by atoms with van der Waals surface area (Å²) in [5.74, 6) is 1.14. The summed E-state index contributed by atoms with van der Waals surface area (Å²) in [7, 11) is 0.